The van der Waals surface area contributed by atoms with Crippen LogP contribution in [0.4, 0.5) is 0 Å². The maximum absolute atomic E-state index is 5.60. The molecule has 0 radical (unpaired) electrons. The monoisotopic (exact) mass is 479 g/mol. The fraction of sp³-hybridized carbons (Fsp3) is 0.167. The Morgan fingerprint density at radius 2 is 1.60 bits per heavy atom. The normalized spacial score (nSPS) is 10.9. The van der Waals surface area contributed by atoms with Gasteiger partial charge in [-0.3, -0.25) is 4.57 Å². The van der Waals surface area contributed by atoms with Crippen molar-refractivity contribution in [1.29, 1.82) is 0 Å². The zero-order chi connectivity index (χ0) is 20.8. The first-order valence-corrected chi connectivity index (χ1v) is 11.6. The van der Waals surface area contributed by atoms with E-state index in [-0.39, 0.29) is 0 Å². The highest BCUT2D eigenvalue weighted by atomic mass is 79.9. The number of nitrogens with zero attached hydrogens (tertiary/aromatic N) is 3. The maximum atomic E-state index is 5.60. The van der Waals surface area contributed by atoms with E-state index in [0.29, 0.717) is 6.61 Å². The predicted molar refractivity (Wildman–Crippen MR) is 125 cm³/mol. The molecule has 0 fully saturated rings. The molecule has 30 heavy (non-hydrogen) atoms. The van der Waals surface area contributed by atoms with Crippen LogP contribution in [0, 0.1) is 0 Å². The van der Waals surface area contributed by atoms with Crippen LogP contribution in [0.2, 0.25) is 0 Å². The minimum Gasteiger partial charge on any atom is -0.494 e. The molecule has 4 rings (SSSR count). The first kappa shape index (κ1) is 20.7. The minimum absolute atomic E-state index is 0.652. The maximum Gasteiger partial charge on any atom is 0.196 e. The van der Waals surface area contributed by atoms with Crippen molar-refractivity contribution >= 4 is 27.7 Å². The van der Waals surface area contributed by atoms with E-state index in [1.54, 1.807) is 11.8 Å². The van der Waals surface area contributed by atoms with Gasteiger partial charge in [0.15, 0.2) is 5.16 Å². The van der Waals surface area contributed by atoms with Gasteiger partial charge in [-0.05, 0) is 54.4 Å². The Morgan fingerprint density at radius 1 is 0.867 bits per heavy atom. The topological polar surface area (TPSA) is 39.9 Å². The molecule has 4 aromatic rings. The summed E-state index contributed by atoms with van der Waals surface area (Å²) >= 11 is 5.18. The fourth-order valence-corrected chi connectivity index (χ4v) is 4.32. The van der Waals surface area contributed by atoms with E-state index in [9.17, 15) is 0 Å². The zero-order valence-corrected chi connectivity index (χ0v) is 19.1. The summed E-state index contributed by atoms with van der Waals surface area (Å²) < 4.78 is 8.83. The van der Waals surface area contributed by atoms with E-state index in [2.05, 4.69) is 91.4 Å². The molecule has 0 aliphatic carbocycles. The zero-order valence-electron chi connectivity index (χ0n) is 16.7. The molecular formula is C24H22BrN3OS. The van der Waals surface area contributed by atoms with Crippen LogP contribution in [0.5, 0.6) is 5.75 Å². The average Bonchev–Trinajstić information content (AvgIpc) is 3.17. The minimum atomic E-state index is 0.652. The van der Waals surface area contributed by atoms with Crippen molar-refractivity contribution in [2.75, 3.05) is 6.61 Å². The third-order valence-corrected chi connectivity index (χ3v) is 6.12. The molecule has 1 aromatic heterocycles. The standard InChI is InChI=1S/C24H22BrN3OS/c1-2-29-22-14-12-21(13-15-22)28-23(16-18-6-4-3-5-7-18)26-27-24(28)30-17-19-8-10-20(25)11-9-19/h3-15H,2,16-17H2,1H3. The number of rotatable bonds is 8. The highest BCUT2D eigenvalue weighted by Gasteiger charge is 2.15. The molecule has 0 bridgehead atoms. The highest BCUT2D eigenvalue weighted by molar-refractivity contribution is 9.10. The van der Waals surface area contributed by atoms with Gasteiger partial charge in [-0.2, -0.15) is 0 Å². The molecular weight excluding hydrogens is 458 g/mol. The van der Waals surface area contributed by atoms with E-state index in [1.807, 2.05) is 25.1 Å². The summed E-state index contributed by atoms with van der Waals surface area (Å²) in [6.45, 7) is 2.64. The molecule has 0 amide bonds. The summed E-state index contributed by atoms with van der Waals surface area (Å²) in [7, 11) is 0. The van der Waals surface area contributed by atoms with Crippen molar-refractivity contribution in [2.45, 2.75) is 24.3 Å². The third kappa shape index (κ3) is 5.12. The fourth-order valence-electron chi connectivity index (χ4n) is 3.13. The molecule has 0 saturated heterocycles. The van der Waals surface area contributed by atoms with Gasteiger partial charge >= 0.3 is 0 Å². The van der Waals surface area contributed by atoms with Crippen molar-refractivity contribution in [2.24, 2.45) is 0 Å². The van der Waals surface area contributed by atoms with Gasteiger partial charge in [-0.15, -0.1) is 10.2 Å². The molecule has 4 nitrogen and oxygen atoms in total. The Balaban J connectivity index is 1.64. The summed E-state index contributed by atoms with van der Waals surface area (Å²) in [5.74, 6) is 2.61. The van der Waals surface area contributed by atoms with Crippen molar-refractivity contribution in [3.05, 3.63) is 100 Å². The van der Waals surface area contributed by atoms with Crippen molar-refractivity contribution < 1.29 is 4.74 Å². The summed E-state index contributed by atoms with van der Waals surface area (Å²) in [6, 6.07) is 26.9. The Morgan fingerprint density at radius 3 is 2.30 bits per heavy atom. The van der Waals surface area contributed by atoms with Gasteiger partial charge in [0.05, 0.1) is 6.61 Å². The van der Waals surface area contributed by atoms with Gasteiger partial charge in [0, 0.05) is 22.3 Å². The van der Waals surface area contributed by atoms with Crippen LogP contribution in [0.25, 0.3) is 5.69 Å². The van der Waals surface area contributed by atoms with E-state index >= 15 is 0 Å². The van der Waals surface area contributed by atoms with Crippen LogP contribution >= 0.6 is 27.7 Å². The summed E-state index contributed by atoms with van der Waals surface area (Å²) in [6.07, 6.45) is 0.722. The van der Waals surface area contributed by atoms with Crippen LogP contribution in [0.1, 0.15) is 23.9 Å². The number of halogens is 1. The molecule has 0 aliphatic rings. The lowest BCUT2D eigenvalue weighted by molar-refractivity contribution is 0.340. The van der Waals surface area contributed by atoms with Crippen molar-refractivity contribution in [3.8, 4) is 11.4 Å². The number of hydrogen-bond donors (Lipinski definition) is 0. The second kappa shape index (κ2) is 9.96. The number of benzene rings is 3. The predicted octanol–water partition coefficient (Wildman–Crippen LogP) is 6.31. The lowest BCUT2D eigenvalue weighted by atomic mass is 10.1. The molecule has 0 unspecified atom stereocenters. The number of ether oxygens (including phenoxy) is 1. The molecule has 6 heteroatoms. The van der Waals surface area contributed by atoms with Crippen LogP contribution < -0.4 is 4.74 Å². The van der Waals surface area contributed by atoms with Crippen molar-refractivity contribution in [3.63, 3.8) is 0 Å². The molecule has 0 spiro atoms. The lowest BCUT2D eigenvalue weighted by Gasteiger charge is -2.12. The van der Waals surface area contributed by atoms with Gasteiger partial charge in [0.25, 0.3) is 0 Å². The molecule has 3 aromatic carbocycles. The van der Waals surface area contributed by atoms with Gasteiger partial charge in [-0.1, -0.05) is 70.2 Å². The second-order valence-electron chi connectivity index (χ2n) is 6.74. The van der Waals surface area contributed by atoms with E-state index in [4.69, 9.17) is 4.74 Å². The number of aromatic nitrogens is 3. The Kier molecular flexibility index (Phi) is 6.87. The van der Waals surface area contributed by atoms with Gasteiger partial charge in [0.2, 0.25) is 0 Å². The van der Waals surface area contributed by atoms with Crippen molar-refractivity contribution in [1.82, 2.24) is 14.8 Å². The van der Waals surface area contributed by atoms with E-state index < -0.39 is 0 Å². The molecule has 1 heterocycles. The van der Waals surface area contributed by atoms with Crippen LogP contribution in [0.3, 0.4) is 0 Å². The van der Waals surface area contributed by atoms with E-state index in [1.165, 1.54) is 11.1 Å². The van der Waals surface area contributed by atoms with Gasteiger partial charge in [-0.25, -0.2) is 0 Å². The van der Waals surface area contributed by atoms with Gasteiger partial charge < -0.3 is 4.74 Å². The quantitative estimate of drug-likeness (QED) is 0.277. The molecule has 0 N–H and O–H groups in total. The molecule has 152 valence electrons. The Bertz CT molecular complexity index is 1080. The first-order chi connectivity index (χ1) is 14.7. The van der Waals surface area contributed by atoms with Crippen LogP contribution in [0.15, 0.2) is 88.5 Å². The van der Waals surface area contributed by atoms with Crippen LogP contribution in [-0.4, -0.2) is 21.4 Å². The first-order valence-electron chi connectivity index (χ1n) is 9.81. The second-order valence-corrected chi connectivity index (χ2v) is 8.60. The third-order valence-electron chi connectivity index (χ3n) is 4.59. The van der Waals surface area contributed by atoms with Gasteiger partial charge in [0.1, 0.15) is 11.6 Å². The van der Waals surface area contributed by atoms with Crippen LogP contribution in [-0.2, 0) is 12.2 Å². The SMILES string of the molecule is CCOc1ccc(-n2c(Cc3ccccc3)nnc2SCc2ccc(Br)cc2)cc1. The van der Waals surface area contributed by atoms with E-state index in [0.717, 1.165) is 39.1 Å². The highest BCUT2D eigenvalue weighted by Crippen LogP contribution is 2.27. The smallest absolute Gasteiger partial charge is 0.196 e. The number of hydrogen-bond acceptors (Lipinski definition) is 4. The molecule has 0 atom stereocenters. The summed E-state index contributed by atoms with van der Waals surface area (Å²) in [5, 5.41) is 9.92. The number of thioether (sulfide) groups is 1. The molecule has 0 saturated carbocycles. The summed E-state index contributed by atoms with van der Waals surface area (Å²) in [4.78, 5) is 0. The lowest BCUT2D eigenvalue weighted by Crippen LogP contribution is -2.04. The average molecular weight is 480 g/mol. The summed E-state index contributed by atoms with van der Waals surface area (Å²) in [5.41, 5.74) is 3.49. The largest absolute Gasteiger partial charge is 0.494 e. The molecule has 0 aliphatic heterocycles. The Labute approximate surface area is 189 Å². The Hall–Kier alpha value is -2.57.